The van der Waals surface area contributed by atoms with Crippen molar-refractivity contribution >= 4 is 0 Å². The molecule has 0 aromatic rings. The van der Waals surface area contributed by atoms with Crippen molar-refractivity contribution in [3.05, 3.63) is 0 Å². The van der Waals surface area contributed by atoms with Crippen molar-refractivity contribution in [2.45, 2.75) is 57.5 Å². The molecule has 4 fully saturated rings. The molecule has 0 aromatic heterocycles. The molecule has 0 radical (unpaired) electrons. The van der Waals surface area contributed by atoms with Gasteiger partial charge in [-0.05, 0) is 55.8 Å². The first-order valence-electron chi connectivity index (χ1n) is 6.55. The van der Waals surface area contributed by atoms with Crippen LogP contribution in [0, 0.1) is 22.7 Å². The number of alkyl halides is 4. The van der Waals surface area contributed by atoms with Crippen molar-refractivity contribution in [1.82, 2.24) is 0 Å². The summed E-state index contributed by atoms with van der Waals surface area (Å²) in [5, 5.41) is 9.54. The van der Waals surface area contributed by atoms with E-state index >= 15 is 0 Å². The van der Waals surface area contributed by atoms with Crippen LogP contribution >= 0.6 is 0 Å². The van der Waals surface area contributed by atoms with Gasteiger partial charge in [0.1, 0.15) is 0 Å². The number of hydrogen-bond donors (Lipinski definition) is 1. The smallest absolute Gasteiger partial charge is 0.354 e. The molecule has 4 bridgehead atoms. The summed E-state index contributed by atoms with van der Waals surface area (Å²) in [5.41, 5.74) is -1.81. The number of aliphatic hydroxyl groups is 1. The number of halogens is 4. The maximum absolute atomic E-state index is 14.1. The van der Waals surface area contributed by atoms with Crippen molar-refractivity contribution in [2.75, 3.05) is 0 Å². The van der Waals surface area contributed by atoms with Gasteiger partial charge >= 0.3 is 12.0 Å². The largest absolute Gasteiger partial charge is 0.448 e. The van der Waals surface area contributed by atoms with E-state index in [1.165, 1.54) is 0 Å². The van der Waals surface area contributed by atoms with E-state index in [1.807, 2.05) is 6.92 Å². The van der Waals surface area contributed by atoms with Gasteiger partial charge in [-0.25, -0.2) is 4.39 Å². The van der Waals surface area contributed by atoms with E-state index in [0.717, 1.165) is 19.3 Å². The summed E-state index contributed by atoms with van der Waals surface area (Å²) in [6.07, 6.45) is -1.96. The summed E-state index contributed by atoms with van der Waals surface area (Å²) < 4.78 is 52.7. The van der Waals surface area contributed by atoms with E-state index < -0.39 is 17.4 Å². The minimum atomic E-state index is -5.19. The van der Waals surface area contributed by atoms with Gasteiger partial charge in [0.2, 0.25) is 0 Å². The summed E-state index contributed by atoms with van der Waals surface area (Å²) in [6.45, 7) is 1.95. The third-order valence-electron chi connectivity index (χ3n) is 5.43. The standard InChI is InChI=1S/C13H18F4O/c1-10-3-8-2-9(4-10)6-11(5-8,7-10)12(14,18)13(15,16)17/h8-9,18H,2-7H2,1H3. The van der Waals surface area contributed by atoms with Crippen LogP contribution in [0.2, 0.25) is 0 Å². The predicted molar refractivity (Wildman–Crippen MR) is 57.3 cm³/mol. The van der Waals surface area contributed by atoms with E-state index in [0.29, 0.717) is 0 Å². The van der Waals surface area contributed by atoms with Crippen molar-refractivity contribution in [3.8, 4) is 0 Å². The molecule has 4 aliphatic carbocycles. The summed E-state index contributed by atoms with van der Waals surface area (Å²) in [4.78, 5) is 0. The molecular formula is C13H18F4O. The predicted octanol–water partition coefficient (Wildman–Crippen LogP) is 3.81. The average molecular weight is 266 g/mol. The maximum Gasteiger partial charge on any atom is 0.448 e. The highest BCUT2D eigenvalue weighted by Crippen LogP contribution is 2.70. The zero-order valence-corrected chi connectivity index (χ0v) is 10.4. The molecule has 1 nitrogen and oxygen atoms in total. The molecule has 3 unspecified atom stereocenters. The molecule has 0 amide bonds. The van der Waals surface area contributed by atoms with Gasteiger partial charge in [-0.1, -0.05) is 6.92 Å². The Labute approximate surface area is 104 Å². The molecule has 4 saturated carbocycles. The molecular weight excluding hydrogens is 248 g/mol. The first-order chi connectivity index (χ1) is 8.07. The van der Waals surface area contributed by atoms with E-state index in [4.69, 9.17) is 0 Å². The van der Waals surface area contributed by atoms with Crippen LogP contribution in [0.25, 0.3) is 0 Å². The van der Waals surface area contributed by atoms with Crippen LogP contribution < -0.4 is 0 Å². The molecule has 18 heavy (non-hydrogen) atoms. The Morgan fingerprint density at radius 3 is 1.89 bits per heavy atom. The maximum atomic E-state index is 14.1. The van der Waals surface area contributed by atoms with Gasteiger partial charge in [0.15, 0.2) is 0 Å². The van der Waals surface area contributed by atoms with E-state index in [9.17, 15) is 22.7 Å². The lowest BCUT2D eigenvalue weighted by atomic mass is 9.43. The second kappa shape index (κ2) is 3.22. The second-order valence-corrected chi connectivity index (χ2v) is 7.17. The van der Waals surface area contributed by atoms with Gasteiger partial charge in [-0.3, -0.25) is 0 Å². The van der Waals surface area contributed by atoms with Gasteiger partial charge in [-0.15, -0.1) is 0 Å². The normalized spacial score (nSPS) is 50.3. The van der Waals surface area contributed by atoms with E-state index in [2.05, 4.69) is 0 Å². The summed E-state index contributed by atoms with van der Waals surface area (Å²) >= 11 is 0. The molecule has 0 spiro atoms. The Hall–Kier alpha value is -0.320. The van der Waals surface area contributed by atoms with Crippen LogP contribution in [0.5, 0.6) is 0 Å². The molecule has 0 aromatic carbocycles. The van der Waals surface area contributed by atoms with Gasteiger partial charge in [-0.2, -0.15) is 13.2 Å². The first kappa shape index (κ1) is 12.7. The highest BCUT2D eigenvalue weighted by molar-refractivity contribution is 5.12. The average Bonchev–Trinajstić information content (AvgIpc) is 2.10. The lowest BCUT2D eigenvalue weighted by Crippen LogP contribution is -2.64. The highest BCUT2D eigenvalue weighted by Gasteiger charge is 2.72. The van der Waals surface area contributed by atoms with Gasteiger partial charge in [0.25, 0.3) is 0 Å². The van der Waals surface area contributed by atoms with Gasteiger partial charge in [0.05, 0.1) is 0 Å². The summed E-state index contributed by atoms with van der Waals surface area (Å²) in [6, 6.07) is 0. The fourth-order valence-corrected chi connectivity index (χ4v) is 5.41. The lowest BCUT2D eigenvalue weighted by Gasteiger charge is -2.63. The highest BCUT2D eigenvalue weighted by atomic mass is 19.4. The quantitative estimate of drug-likeness (QED) is 0.715. The zero-order valence-electron chi connectivity index (χ0n) is 10.4. The Balaban J connectivity index is 2.01. The Kier molecular flexibility index (Phi) is 2.27. The second-order valence-electron chi connectivity index (χ2n) is 7.17. The molecule has 0 aliphatic heterocycles. The van der Waals surface area contributed by atoms with Gasteiger partial charge < -0.3 is 5.11 Å². The molecule has 4 rings (SSSR count). The fourth-order valence-electron chi connectivity index (χ4n) is 5.41. The van der Waals surface area contributed by atoms with Crippen LogP contribution in [0.15, 0.2) is 0 Å². The third-order valence-corrected chi connectivity index (χ3v) is 5.43. The van der Waals surface area contributed by atoms with E-state index in [-0.39, 0.29) is 36.5 Å². The lowest BCUT2D eigenvalue weighted by molar-refractivity contribution is -0.383. The topological polar surface area (TPSA) is 20.2 Å². The zero-order chi connectivity index (χ0) is 13.4. The third kappa shape index (κ3) is 1.49. The minimum Gasteiger partial charge on any atom is -0.354 e. The number of hydrogen-bond acceptors (Lipinski definition) is 1. The Morgan fingerprint density at radius 2 is 1.50 bits per heavy atom. The van der Waals surface area contributed by atoms with Gasteiger partial charge in [0, 0.05) is 5.41 Å². The van der Waals surface area contributed by atoms with Crippen molar-refractivity contribution in [2.24, 2.45) is 22.7 Å². The van der Waals surface area contributed by atoms with Crippen LogP contribution in [-0.2, 0) is 0 Å². The monoisotopic (exact) mass is 266 g/mol. The summed E-state index contributed by atoms with van der Waals surface area (Å²) in [7, 11) is 0. The molecule has 104 valence electrons. The molecule has 3 atom stereocenters. The van der Waals surface area contributed by atoms with Crippen LogP contribution in [0.4, 0.5) is 17.6 Å². The van der Waals surface area contributed by atoms with Crippen molar-refractivity contribution < 1.29 is 22.7 Å². The SMILES string of the molecule is CC12CC3CC(C1)CC(C(O)(F)C(F)(F)F)(C3)C2. The molecule has 5 heteroatoms. The molecule has 4 aliphatic rings. The minimum absolute atomic E-state index is 0.154. The van der Waals surface area contributed by atoms with Crippen molar-refractivity contribution in [1.29, 1.82) is 0 Å². The molecule has 1 N–H and O–H groups in total. The van der Waals surface area contributed by atoms with Crippen molar-refractivity contribution in [3.63, 3.8) is 0 Å². The van der Waals surface area contributed by atoms with Crippen LogP contribution in [-0.4, -0.2) is 17.1 Å². The van der Waals surface area contributed by atoms with Crippen LogP contribution in [0.3, 0.4) is 0 Å². The summed E-state index contributed by atoms with van der Waals surface area (Å²) in [5.74, 6) is -3.72. The fraction of sp³-hybridized carbons (Fsp3) is 1.00. The first-order valence-corrected chi connectivity index (χ1v) is 6.55. The molecule has 0 heterocycles. The Bertz CT molecular complexity index is 360. The Morgan fingerprint density at radius 1 is 1.00 bits per heavy atom. The van der Waals surface area contributed by atoms with E-state index in [1.54, 1.807) is 0 Å². The molecule has 0 saturated heterocycles. The number of rotatable bonds is 1. The van der Waals surface area contributed by atoms with Crippen LogP contribution in [0.1, 0.15) is 45.4 Å².